The first-order valence-corrected chi connectivity index (χ1v) is 10.5. The second-order valence-electron chi connectivity index (χ2n) is 6.71. The molecule has 2 aromatic carbocycles. The number of benzene rings is 2. The minimum absolute atomic E-state index is 0.162. The van der Waals surface area contributed by atoms with E-state index in [-0.39, 0.29) is 23.8 Å². The number of hydrogen-bond acceptors (Lipinski definition) is 6. The second-order valence-corrected chi connectivity index (χ2v) is 7.58. The van der Waals surface area contributed by atoms with Crippen LogP contribution >= 0.6 is 11.8 Å². The zero-order valence-electron chi connectivity index (χ0n) is 16.6. The van der Waals surface area contributed by atoms with Gasteiger partial charge < -0.3 is 10.1 Å². The van der Waals surface area contributed by atoms with Crippen molar-refractivity contribution in [3.05, 3.63) is 75.3 Å². The molecule has 7 nitrogen and oxygen atoms in total. The van der Waals surface area contributed by atoms with Gasteiger partial charge in [-0.1, -0.05) is 30.3 Å². The Labute approximate surface area is 174 Å². The van der Waals surface area contributed by atoms with Crippen LogP contribution in [0.5, 0.6) is 0 Å². The number of para-hydroxylation sites is 1. The predicted molar refractivity (Wildman–Crippen MR) is 113 cm³/mol. The zero-order chi connectivity index (χ0) is 21.4. The van der Waals surface area contributed by atoms with Crippen molar-refractivity contribution < 1.29 is 19.2 Å². The van der Waals surface area contributed by atoms with Gasteiger partial charge in [-0.2, -0.15) is 11.8 Å². The highest BCUT2D eigenvalue weighted by molar-refractivity contribution is 7.97. The van der Waals surface area contributed by atoms with Gasteiger partial charge in [-0.05, 0) is 37.8 Å². The molecule has 8 heteroatoms. The smallest absolute Gasteiger partial charge is 0.308 e. The van der Waals surface area contributed by atoms with E-state index in [9.17, 15) is 19.7 Å². The van der Waals surface area contributed by atoms with Crippen molar-refractivity contribution in [1.29, 1.82) is 0 Å². The number of carbonyl (C=O) groups is 2. The van der Waals surface area contributed by atoms with E-state index >= 15 is 0 Å². The van der Waals surface area contributed by atoms with Crippen molar-refractivity contribution in [2.75, 3.05) is 6.26 Å². The molecule has 0 fully saturated rings. The molecule has 1 amide bonds. The maximum absolute atomic E-state index is 12.7. The molecule has 0 aliphatic heterocycles. The minimum Gasteiger partial charge on any atom is -0.463 e. The third-order valence-electron chi connectivity index (χ3n) is 4.08. The topological polar surface area (TPSA) is 98.5 Å². The first kappa shape index (κ1) is 22.4. The standard InChI is InChI=1S/C21H24N2O5S/c1-14(2)28-20(24)12-18(17-6-4-5-7-19(17)23(26)27)22-21(25)16-10-8-15(9-11-16)13-29-3/h4-11,14,18H,12-13H2,1-3H3,(H,22,25). The summed E-state index contributed by atoms with van der Waals surface area (Å²) >= 11 is 1.68. The molecule has 154 valence electrons. The zero-order valence-corrected chi connectivity index (χ0v) is 17.4. The van der Waals surface area contributed by atoms with E-state index in [2.05, 4.69) is 5.32 Å². The van der Waals surface area contributed by atoms with E-state index in [1.807, 2.05) is 18.4 Å². The van der Waals surface area contributed by atoms with Crippen molar-refractivity contribution in [2.24, 2.45) is 0 Å². The summed E-state index contributed by atoms with van der Waals surface area (Å²) < 4.78 is 5.17. The Morgan fingerprint density at radius 3 is 2.38 bits per heavy atom. The number of hydrogen-bond donors (Lipinski definition) is 1. The summed E-state index contributed by atoms with van der Waals surface area (Å²) in [4.78, 5) is 35.8. The van der Waals surface area contributed by atoms with Crippen LogP contribution in [0.25, 0.3) is 0 Å². The highest BCUT2D eigenvalue weighted by atomic mass is 32.2. The number of thioether (sulfide) groups is 1. The number of amides is 1. The fraction of sp³-hybridized carbons (Fsp3) is 0.333. The lowest BCUT2D eigenvalue weighted by Gasteiger charge is -2.19. The Morgan fingerprint density at radius 1 is 1.14 bits per heavy atom. The molecule has 0 aliphatic carbocycles. The lowest BCUT2D eigenvalue weighted by Crippen LogP contribution is -2.31. The highest BCUT2D eigenvalue weighted by Gasteiger charge is 2.27. The number of carbonyl (C=O) groups excluding carboxylic acids is 2. The van der Waals surface area contributed by atoms with Gasteiger partial charge in [-0.15, -0.1) is 0 Å². The van der Waals surface area contributed by atoms with Crippen LogP contribution in [0, 0.1) is 10.1 Å². The molecule has 0 bridgehead atoms. The van der Waals surface area contributed by atoms with Crippen LogP contribution in [0.1, 0.15) is 47.8 Å². The number of nitro benzene ring substituents is 1. The molecule has 0 radical (unpaired) electrons. The van der Waals surface area contributed by atoms with Crippen LogP contribution in [0.3, 0.4) is 0 Å². The number of rotatable bonds is 9. The maximum Gasteiger partial charge on any atom is 0.308 e. The summed E-state index contributed by atoms with van der Waals surface area (Å²) in [6.45, 7) is 3.43. The fourth-order valence-corrected chi connectivity index (χ4v) is 3.35. The largest absolute Gasteiger partial charge is 0.463 e. The molecule has 1 atom stereocenters. The fourth-order valence-electron chi connectivity index (χ4n) is 2.83. The number of nitro groups is 1. The molecule has 2 aromatic rings. The van der Waals surface area contributed by atoms with E-state index in [1.54, 1.807) is 43.8 Å². The quantitative estimate of drug-likeness (QED) is 0.372. The first-order chi connectivity index (χ1) is 13.8. The van der Waals surface area contributed by atoms with Crippen molar-refractivity contribution >= 4 is 29.3 Å². The highest BCUT2D eigenvalue weighted by Crippen LogP contribution is 2.28. The molecular weight excluding hydrogens is 392 g/mol. The molecule has 0 spiro atoms. The van der Waals surface area contributed by atoms with Crippen molar-refractivity contribution in [1.82, 2.24) is 5.32 Å². The van der Waals surface area contributed by atoms with Crippen molar-refractivity contribution in [3.63, 3.8) is 0 Å². The molecular formula is C21H24N2O5S. The summed E-state index contributed by atoms with van der Waals surface area (Å²) in [5, 5.41) is 14.2. The van der Waals surface area contributed by atoms with Crippen LogP contribution in [-0.4, -0.2) is 29.2 Å². The molecule has 0 aromatic heterocycles. The number of nitrogens with zero attached hydrogens (tertiary/aromatic N) is 1. The monoisotopic (exact) mass is 416 g/mol. The summed E-state index contributed by atoms with van der Waals surface area (Å²) in [6.07, 6.45) is 1.46. The normalized spacial score (nSPS) is 11.7. The van der Waals surface area contributed by atoms with Gasteiger partial charge in [0.25, 0.3) is 11.6 Å². The van der Waals surface area contributed by atoms with Crippen LogP contribution in [0.2, 0.25) is 0 Å². The van der Waals surface area contributed by atoms with Gasteiger partial charge in [-0.25, -0.2) is 0 Å². The third-order valence-corrected chi connectivity index (χ3v) is 4.70. The Morgan fingerprint density at radius 2 is 1.79 bits per heavy atom. The Kier molecular flexibility index (Phi) is 8.21. The average Bonchev–Trinajstić information content (AvgIpc) is 2.67. The summed E-state index contributed by atoms with van der Waals surface area (Å²) in [7, 11) is 0. The van der Waals surface area contributed by atoms with Gasteiger partial charge in [0.15, 0.2) is 0 Å². The van der Waals surface area contributed by atoms with Crippen molar-refractivity contribution in [3.8, 4) is 0 Å². The van der Waals surface area contributed by atoms with Crippen molar-refractivity contribution in [2.45, 2.75) is 38.2 Å². The van der Waals surface area contributed by atoms with E-state index in [0.29, 0.717) is 5.56 Å². The number of esters is 1. The Hall–Kier alpha value is -2.87. The van der Waals surface area contributed by atoms with Crippen LogP contribution < -0.4 is 5.32 Å². The molecule has 0 aliphatic rings. The third kappa shape index (κ3) is 6.60. The van der Waals surface area contributed by atoms with Gasteiger partial charge in [0.05, 0.1) is 29.1 Å². The van der Waals surface area contributed by atoms with Gasteiger partial charge >= 0.3 is 5.97 Å². The van der Waals surface area contributed by atoms with Gasteiger partial charge in [0.1, 0.15) is 0 Å². The van der Waals surface area contributed by atoms with Gasteiger partial charge in [-0.3, -0.25) is 19.7 Å². The van der Waals surface area contributed by atoms with Crippen LogP contribution in [0.15, 0.2) is 48.5 Å². The van der Waals surface area contributed by atoms with E-state index in [4.69, 9.17) is 4.74 Å². The Balaban J connectivity index is 2.28. The first-order valence-electron chi connectivity index (χ1n) is 9.13. The maximum atomic E-state index is 12.7. The number of ether oxygens (including phenoxy) is 1. The molecule has 0 heterocycles. The molecule has 29 heavy (non-hydrogen) atoms. The molecule has 0 saturated heterocycles. The predicted octanol–water partition coefficient (Wildman–Crippen LogP) is 4.27. The average molecular weight is 416 g/mol. The van der Waals surface area contributed by atoms with Crippen LogP contribution in [0.4, 0.5) is 5.69 Å². The van der Waals surface area contributed by atoms with Crippen LogP contribution in [-0.2, 0) is 15.3 Å². The lowest BCUT2D eigenvalue weighted by molar-refractivity contribution is -0.385. The minimum atomic E-state index is -0.888. The second kappa shape index (κ2) is 10.6. The summed E-state index contributed by atoms with van der Waals surface area (Å²) in [6, 6.07) is 12.3. The van der Waals surface area contributed by atoms with Gasteiger partial charge in [0, 0.05) is 17.4 Å². The molecule has 1 unspecified atom stereocenters. The SMILES string of the molecule is CSCc1ccc(C(=O)NC(CC(=O)OC(C)C)c2ccccc2[N+](=O)[O-])cc1. The Bertz CT molecular complexity index is 868. The lowest BCUT2D eigenvalue weighted by atomic mass is 10.0. The van der Waals surface area contributed by atoms with E-state index < -0.39 is 22.8 Å². The van der Waals surface area contributed by atoms with Gasteiger partial charge in [0.2, 0.25) is 0 Å². The summed E-state index contributed by atoms with van der Waals surface area (Å²) in [5.74, 6) is -0.123. The van der Waals surface area contributed by atoms with E-state index in [0.717, 1.165) is 11.3 Å². The molecule has 1 N–H and O–H groups in total. The molecule has 2 rings (SSSR count). The van der Waals surface area contributed by atoms with E-state index in [1.165, 1.54) is 18.2 Å². The molecule has 0 saturated carbocycles. The summed E-state index contributed by atoms with van der Waals surface area (Å²) in [5.41, 5.74) is 1.59. The number of nitrogens with one attached hydrogen (secondary N) is 1.